The molecule has 0 unspecified atom stereocenters. The summed E-state index contributed by atoms with van der Waals surface area (Å²) < 4.78 is 11.1. The summed E-state index contributed by atoms with van der Waals surface area (Å²) in [4.78, 5) is 25.3. The summed E-state index contributed by atoms with van der Waals surface area (Å²) in [5.74, 6) is 0.456. The standard InChI is InChI=1S/C25H21N3O5S/c1-16-6-5-7-19(12-16)27-24(29)20(26-25(27)34)14-17-10-11-22(32-2)18(13-17)15-33-23-9-4-3-8-21(23)28(30)31/h3-14H,15H2,1-2H3,(H,26,34)/b20-14+. The Kier molecular flexibility index (Phi) is 6.55. The Balaban J connectivity index is 1.59. The molecule has 0 bridgehead atoms. The van der Waals surface area contributed by atoms with Crippen LogP contribution in [0, 0.1) is 17.0 Å². The van der Waals surface area contributed by atoms with Crippen molar-refractivity contribution in [3.8, 4) is 11.5 Å². The van der Waals surface area contributed by atoms with Crippen LogP contribution in [0.5, 0.6) is 11.5 Å². The van der Waals surface area contributed by atoms with Crippen molar-refractivity contribution in [2.75, 3.05) is 12.0 Å². The lowest BCUT2D eigenvalue weighted by Gasteiger charge is -2.14. The van der Waals surface area contributed by atoms with Gasteiger partial charge in [0.1, 0.15) is 18.1 Å². The number of aryl methyl sites for hydroxylation is 1. The number of hydrogen-bond donors (Lipinski definition) is 1. The molecule has 0 saturated carbocycles. The van der Waals surface area contributed by atoms with Crippen LogP contribution in [-0.4, -0.2) is 23.1 Å². The number of nitro benzene ring substituents is 1. The minimum absolute atomic E-state index is 0.0419. The van der Waals surface area contributed by atoms with Crippen molar-refractivity contribution >= 4 is 40.7 Å². The summed E-state index contributed by atoms with van der Waals surface area (Å²) in [6.07, 6.45) is 1.69. The minimum atomic E-state index is -0.492. The van der Waals surface area contributed by atoms with Crippen molar-refractivity contribution in [3.05, 3.63) is 99.2 Å². The number of ether oxygens (including phenoxy) is 2. The number of amides is 1. The molecular formula is C25H21N3O5S. The monoisotopic (exact) mass is 475 g/mol. The summed E-state index contributed by atoms with van der Waals surface area (Å²) in [5, 5.41) is 14.5. The van der Waals surface area contributed by atoms with Gasteiger partial charge in [-0.3, -0.25) is 19.8 Å². The maximum absolute atomic E-state index is 13.0. The number of thiocarbonyl (C=S) groups is 1. The zero-order chi connectivity index (χ0) is 24.2. The van der Waals surface area contributed by atoms with E-state index in [0.717, 1.165) is 5.56 Å². The van der Waals surface area contributed by atoms with Crippen LogP contribution in [0.4, 0.5) is 11.4 Å². The van der Waals surface area contributed by atoms with Crippen molar-refractivity contribution in [2.45, 2.75) is 13.5 Å². The van der Waals surface area contributed by atoms with Crippen LogP contribution in [0.1, 0.15) is 16.7 Å². The van der Waals surface area contributed by atoms with Gasteiger partial charge in [-0.05, 0) is 66.7 Å². The Hall–Kier alpha value is -4.24. The molecule has 3 aromatic carbocycles. The molecule has 0 atom stereocenters. The number of carbonyl (C=O) groups is 1. The SMILES string of the molecule is COc1ccc(/C=C2/NC(=S)N(c3cccc(C)c3)C2=O)cc1COc1ccccc1[N+](=O)[O-]. The number of nitrogens with zero attached hydrogens (tertiary/aromatic N) is 2. The van der Waals surface area contributed by atoms with Crippen LogP contribution in [0.2, 0.25) is 0 Å². The number of methoxy groups -OCH3 is 1. The lowest BCUT2D eigenvalue weighted by molar-refractivity contribution is -0.385. The van der Waals surface area contributed by atoms with Crippen molar-refractivity contribution in [1.82, 2.24) is 5.32 Å². The van der Waals surface area contributed by atoms with Gasteiger partial charge in [0.15, 0.2) is 10.9 Å². The molecule has 172 valence electrons. The van der Waals surface area contributed by atoms with Gasteiger partial charge >= 0.3 is 5.69 Å². The Morgan fingerprint density at radius 1 is 1.09 bits per heavy atom. The van der Waals surface area contributed by atoms with Gasteiger partial charge in [-0.1, -0.05) is 30.3 Å². The van der Waals surface area contributed by atoms with Crippen LogP contribution in [-0.2, 0) is 11.4 Å². The molecule has 1 saturated heterocycles. The Bertz CT molecular complexity index is 1320. The molecule has 1 heterocycles. The lowest BCUT2D eigenvalue weighted by atomic mass is 10.1. The van der Waals surface area contributed by atoms with E-state index in [0.29, 0.717) is 33.4 Å². The van der Waals surface area contributed by atoms with Crippen LogP contribution < -0.4 is 19.7 Å². The Labute approximate surface area is 201 Å². The first kappa shape index (κ1) is 22.9. The fourth-order valence-electron chi connectivity index (χ4n) is 3.59. The van der Waals surface area contributed by atoms with Gasteiger partial charge in [-0.2, -0.15) is 0 Å². The molecule has 8 nitrogen and oxygen atoms in total. The number of rotatable bonds is 7. The number of nitro groups is 1. The second-order valence-corrected chi connectivity index (χ2v) is 7.94. The molecular weight excluding hydrogens is 454 g/mol. The summed E-state index contributed by atoms with van der Waals surface area (Å²) in [5.41, 5.74) is 3.31. The van der Waals surface area contributed by atoms with E-state index >= 15 is 0 Å². The Morgan fingerprint density at radius 3 is 2.62 bits per heavy atom. The fraction of sp³-hybridized carbons (Fsp3) is 0.120. The minimum Gasteiger partial charge on any atom is -0.496 e. The highest BCUT2D eigenvalue weighted by atomic mass is 32.1. The van der Waals surface area contributed by atoms with Gasteiger partial charge in [-0.25, -0.2) is 0 Å². The lowest BCUT2D eigenvalue weighted by Crippen LogP contribution is -2.30. The zero-order valence-electron chi connectivity index (χ0n) is 18.5. The third-order valence-electron chi connectivity index (χ3n) is 5.20. The highest BCUT2D eigenvalue weighted by Crippen LogP contribution is 2.29. The molecule has 0 aromatic heterocycles. The van der Waals surface area contributed by atoms with Crippen LogP contribution >= 0.6 is 12.2 Å². The van der Waals surface area contributed by atoms with Gasteiger partial charge < -0.3 is 14.8 Å². The smallest absolute Gasteiger partial charge is 0.310 e. The van der Waals surface area contributed by atoms with E-state index in [-0.39, 0.29) is 24.0 Å². The molecule has 3 aromatic rings. The van der Waals surface area contributed by atoms with Crippen LogP contribution in [0.25, 0.3) is 6.08 Å². The van der Waals surface area contributed by atoms with E-state index in [9.17, 15) is 14.9 Å². The van der Waals surface area contributed by atoms with E-state index in [1.165, 1.54) is 18.1 Å². The van der Waals surface area contributed by atoms with Crippen molar-refractivity contribution in [2.24, 2.45) is 0 Å². The van der Waals surface area contributed by atoms with E-state index in [1.807, 2.05) is 31.2 Å². The molecule has 1 aliphatic heterocycles. The Morgan fingerprint density at radius 2 is 1.88 bits per heavy atom. The molecule has 1 fully saturated rings. The maximum Gasteiger partial charge on any atom is 0.310 e. The van der Waals surface area contributed by atoms with E-state index < -0.39 is 4.92 Å². The molecule has 9 heteroatoms. The predicted molar refractivity (Wildman–Crippen MR) is 133 cm³/mol. The molecule has 0 radical (unpaired) electrons. The first-order valence-corrected chi connectivity index (χ1v) is 10.7. The number of hydrogen-bond acceptors (Lipinski definition) is 6. The van der Waals surface area contributed by atoms with E-state index in [2.05, 4.69) is 5.32 Å². The average Bonchev–Trinajstić information content (AvgIpc) is 3.10. The average molecular weight is 476 g/mol. The number of nitrogens with one attached hydrogen (secondary N) is 1. The second-order valence-electron chi connectivity index (χ2n) is 7.55. The summed E-state index contributed by atoms with van der Waals surface area (Å²) in [6.45, 7) is 1.99. The highest BCUT2D eigenvalue weighted by molar-refractivity contribution is 7.80. The van der Waals surface area contributed by atoms with Crippen molar-refractivity contribution in [3.63, 3.8) is 0 Å². The van der Waals surface area contributed by atoms with Crippen molar-refractivity contribution < 1.29 is 19.2 Å². The molecule has 34 heavy (non-hydrogen) atoms. The van der Waals surface area contributed by atoms with Crippen LogP contribution in [0.15, 0.2) is 72.4 Å². The number of benzene rings is 3. The molecule has 0 aliphatic carbocycles. The quantitative estimate of drug-likeness (QED) is 0.228. The second kappa shape index (κ2) is 9.72. The van der Waals surface area contributed by atoms with Crippen molar-refractivity contribution in [1.29, 1.82) is 0 Å². The topological polar surface area (TPSA) is 93.9 Å². The van der Waals surface area contributed by atoms with Gasteiger partial charge in [-0.15, -0.1) is 0 Å². The molecule has 0 spiro atoms. The fourth-order valence-corrected chi connectivity index (χ4v) is 3.89. The van der Waals surface area contributed by atoms with Gasteiger partial charge in [0.25, 0.3) is 5.91 Å². The van der Waals surface area contributed by atoms with Gasteiger partial charge in [0.2, 0.25) is 0 Å². The first-order chi connectivity index (χ1) is 16.4. The third kappa shape index (κ3) is 4.74. The summed E-state index contributed by atoms with van der Waals surface area (Å²) in [6, 6.07) is 19.1. The summed E-state index contributed by atoms with van der Waals surface area (Å²) in [7, 11) is 1.53. The molecule has 4 rings (SSSR count). The van der Waals surface area contributed by atoms with E-state index in [4.69, 9.17) is 21.7 Å². The zero-order valence-corrected chi connectivity index (χ0v) is 19.3. The van der Waals surface area contributed by atoms with Gasteiger partial charge in [0, 0.05) is 11.6 Å². The van der Waals surface area contributed by atoms with Crippen LogP contribution in [0.3, 0.4) is 0 Å². The van der Waals surface area contributed by atoms with Gasteiger partial charge in [0.05, 0.1) is 17.7 Å². The normalized spacial score (nSPS) is 14.3. The molecule has 1 aliphatic rings. The number of para-hydroxylation sites is 2. The highest BCUT2D eigenvalue weighted by Gasteiger charge is 2.32. The predicted octanol–water partition coefficient (Wildman–Crippen LogP) is 4.75. The molecule has 1 N–H and O–H groups in total. The van der Waals surface area contributed by atoms with E-state index in [1.54, 1.807) is 42.5 Å². The first-order valence-electron chi connectivity index (χ1n) is 10.3. The number of carbonyl (C=O) groups excluding carboxylic acids is 1. The number of anilines is 1. The largest absolute Gasteiger partial charge is 0.496 e. The third-order valence-corrected chi connectivity index (χ3v) is 5.48. The maximum atomic E-state index is 13.0. The molecule has 1 amide bonds. The summed E-state index contributed by atoms with van der Waals surface area (Å²) >= 11 is 5.39.